The molecule has 1 N–H and O–H groups in total. The number of H-pyrrole nitrogens is 1. The lowest BCUT2D eigenvalue weighted by Crippen LogP contribution is -1.59. The molecule has 1 aromatic rings. The van der Waals surface area contributed by atoms with Crippen molar-refractivity contribution in [3.05, 3.63) is 24.0 Å². The summed E-state index contributed by atoms with van der Waals surface area (Å²) in [5.41, 5.74) is 1.22. The van der Waals surface area contributed by atoms with Gasteiger partial charge in [-0.15, -0.1) is 0 Å². The van der Waals surface area contributed by atoms with E-state index in [2.05, 4.69) is 18.8 Å². The van der Waals surface area contributed by atoms with E-state index in [4.69, 9.17) is 0 Å². The van der Waals surface area contributed by atoms with Crippen molar-refractivity contribution in [2.75, 3.05) is 0 Å². The van der Waals surface area contributed by atoms with Crippen molar-refractivity contribution >= 4 is 0 Å². The van der Waals surface area contributed by atoms with E-state index in [1.807, 2.05) is 39.1 Å². The molecule has 1 nitrogen and oxygen atoms in total. The molecule has 66 valence electrons. The van der Waals surface area contributed by atoms with E-state index in [0.29, 0.717) is 0 Å². The fourth-order valence-corrected chi connectivity index (χ4v) is 0.420. The average molecular weight is 155 g/mol. The standard InChI is InChI=1S/C5H7N.C3H8.C2H6/c1-5-3-2-4-6-5;1-3-2;1-2/h2-4,6H,1H3;3H2,1-2H3;1-2H3. The van der Waals surface area contributed by atoms with Gasteiger partial charge in [-0.1, -0.05) is 34.1 Å². The largest absolute Gasteiger partial charge is 0.365 e. The Kier molecular flexibility index (Phi) is 14.1. The molecule has 0 aliphatic heterocycles. The van der Waals surface area contributed by atoms with Crippen molar-refractivity contribution in [2.45, 2.75) is 41.0 Å². The highest BCUT2D eigenvalue weighted by Gasteiger charge is 1.72. The van der Waals surface area contributed by atoms with E-state index in [1.54, 1.807) is 0 Å². The number of aryl methyl sites for hydroxylation is 1. The molecule has 0 radical (unpaired) electrons. The van der Waals surface area contributed by atoms with E-state index in [9.17, 15) is 0 Å². The van der Waals surface area contributed by atoms with Gasteiger partial charge in [0, 0.05) is 11.9 Å². The minimum absolute atomic E-state index is 1.22. The van der Waals surface area contributed by atoms with Crippen molar-refractivity contribution in [3.8, 4) is 0 Å². The molecule has 1 aromatic heterocycles. The predicted octanol–water partition coefficient (Wildman–Crippen LogP) is 3.77. The van der Waals surface area contributed by atoms with Crippen molar-refractivity contribution < 1.29 is 0 Å². The highest BCUT2D eigenvalue weighted by Crippen LogP contribution is 1.86. The molecule has 0 saturated heterocycles. The summed E-state index contributed by atoms with van der Waals surface area (Å²) in [4.78, 5) is 3.00. The van der Waals surface area contributed by atoms with Gasteiger partial charge in [0.1, 0.15) is 0 Å². The molecular weight excluding hydrogens is 134 g/mol. The monoisotopic (exact) mass is 155 g/mol. The average Bonchev–Trinajstić information content (AvgIpc) is 2.46. The van der Waals surface area contributed by atoms with Crippen LogP contribution in [0.2, 0.25) is 0 Å². The number of aromatic nitrogens is 1. The SMILES string of the molecule is CC.CCC.Cc1ccc[nH]1. The number of hydrogen-bond donors (Lipinski definition) is 1. The van der Waals surface area contributed by atoms with Gasteiger partial charge in [-0.3, -0.25) is 0 Å². The third-order valence-corrected chi connectivity index (χ3v) is 0.753. The van der Waals surface area contributed by atoms with Gasteiger partial charge in [0.2, 0.25) is 0 Å². The van der Waals surface area contributed by atoms with Crippen LogP contribution in [0.3, 0.4) is 0 Å². The van der Waals surface area contributed by atoms with Crippen LogP contribution < -0.4 is 0 Å². The Hall–Kier alpha value is -0.720. The molecule has 0 fully saturated rings. The summed E-state index contributed by atoms with van der Waals surface area (Å²) in [6.45, 7) is 10.3. The Morgan fingerprint density at radius 2 is 1.73 bits per heavy atom. The summed E-state index contributed by atoms with van der Waals surface area (Å²) in [6.07, 6.45) is 3.16. The van der Waals surface area contributed by atoms with E-state index < -0.39 is 0 Å². The second kappa shape index (κ2) is 12.0. The molecule has 0 aliphatic rings. The quantitative estimate of drug-likeness (QED) is 0.587. The number of aromatic amines is 1. The zero-order chi connectivity index (χ0) is 9.11. The molecule has 0 aliphatic carbocycles. The topological polar surface area (TPSA) is 15.8 Å². The molecule has 0 bridgehead atoms. The molecule has 0 aromatic carbocycles. The molecule has 0 spiro atoms. The van der Waals surface area contributed by atoms with Crippen molar-refractivity contribution in [2.24, 2.45) is 0 Å². The van der Waals surface area contributed by atoms with Crippen LogP contribution in [0.4, 0.5) is 0 Å². The van der Waals surface area contributed by atoms with Gasteiger partial charge in [0.05, 0.1) is 0 Å². The molecule has 0 unspecified atom stereocenters. The Bertz CT molecular complexity index is 119. The summed E-state index contributed by atoms with van der Waals surface area (Å²) in [7, 11) is 0. The van der Waals surface area contributed by atoms with E-state index in [-0.39, 0.29) is 0 Å². The first-order chi connectivity index (χ1) is 5.31. The van der Waals surface area contributed by atoms with Crippen molar-refractivity contribution in [1.82, 2.24) is 4.98 Å². The highest BCUT2D eigenvalue weighted by molar-refractivity contribution is 4.99. The molecule has 0 amide bonds. The Labute approximate surface area is 70.8 Å². The minimum atomic E-state index is 1.22. The lowest BCUT2D eigenvalue weighted by Gasteiger charge is -1.70. The van der Waals surface area contributed by atoms with Crippen molar-refractivity contribution in [3.63, 3.8) is 0 Å². The third kappa shape index (κ3) is 12.5. The number of rotatable bonds is 0. The van der Waals surface area contributed by atoms with E-state index in [1.165, 1.54) is 12.1 Å². The van der Waals surface area contributed by atoms with E-state index >= 15 is 0 Å². The zero-order valence-corrected chi connectivity index (χ0v) is 8.44. The fourth-order valence-electron chi connectivity index (χ4n) is 0.420. The lowest BCUT2D eigenvalue weighted by molar-refractivity contribution is 1.09. The molecule has 1 heterocycles. The summed E-state index contributed by atoms with van der Waals surface area (Å²) < 4.78 is 0. The molecular formula is C10H21N. The van der Waals surface area contributed by atoms with Crippen LogP contribution in [0.25, 0.3) is 0 Å². The fraction of sp³-hybridized carbons (Fsp3) is 0.600. The van der Waals surface area contributed by atoms with Gasteiger partial charge in [-0.05, 0) is 19.1 Å². The smallest absolute Gasteiger partial charge is 0.0115 e. The predicted molar refractivity (Wildman–Crippen MR) is 52.8 cm³/mol. The van der Waals surface area contributed by atoms with Crippen LogP contribution in [0.1, 0.15) is 39.8 Å². The van der Waals surface area contributed by atoms with Crippen LogP contribution >= 0.6 is 0 Å². The van der Waals surface area contributed by atoms with Gasteiger partial charge < -0.3 is 4.98 Å². The molecule has 0 saturated carbocycles. The summed E-state index contributed by atoms with van der Waals surface area (Å²) in [5, 5.41) is 0. The Morgan fingerprint density at radius 3 is 1.82 bits per heavy atom. The van der Waals surface area contributed by atoms with Crippen LogP contribution in [0, 0.1) is 6.92 Å². The number of hydrogen-bond acceptors (Lipinski definition) is 0. The molecule has 11 heavy (non-hydrogen) atoms. The lowest BCUT2D eigenvalue weighted by atomic mass is 10.5. The van der Waals surface area contributed by atoms with E-state index in [0.717, 1.165) is 0 Å². The van der Waals surface area contributed by atoms with Gasteiger partial charge in [-0.2, -0.15) is 0 Å². The maximum Gasteiger partial charge on any atom is 0.0115 e. The van der Waals surface area contributed by atoms with Gasteiger partial charge in [0.25, 0.3) is 0 Å². The van der Waals surface area contributed by atoms with Gasteiger partial charge in [-0.25, -0.2) is 0 Å². The van der Waals surface area contributed by atoms with Gasteiger partial charge in [0.15, 0.2) is 0 Å². The van der Waals surface area contributed by atoms with Crippen LogP contribution in [0.15, 0.2) is 18.3 Å². The first-order valence-corrected chi connectivity index (χ1v) is 4.41. The Morgan fingerprint density at radius 1 is 1.27 bits per heavy atom. The second-order valence-corrected chi connectivity index (χ2v) is 2.06. The molecule has 0 atom stereocenters. The summed E-state index contributed by atoms with van der Waals surface area (Å²) in [6, 6.07) is 4.01. The first kappa shape index (κ1) is 12.9. The normalized spacial score (nSPS) is 7.00. The molecule has 1 rings (SSSR count). The second-order valence-electron chi connectivity index (χ2n) is 2.06. The summed E-state index contributed by atoms with van der Waals surface area (Å²) in [5.74, 6) is 0. The summed E-state index contributed by atoms with van der Waals surface area (Å²) >= 11 is 0. The maximum atomic E-state index is 3.00. The van der Waals surface area contributed by atoms with Gasteiger partial charge >= 0.3 is 0 Å². The van der Waals surface area contributed by atoms with Crippen LogP contribution in [-0.2, 0) is 0 Å². The minimum Gasteiger partial charge on any atom is -0.365 e. The van der Waals surface area contributed by atoms with Crippen LogP contribution in [0.5, 0.6) is 0 Å². The zero-order valence-electron chi connectivity index (χ0n) is 8.44. The highest BCUT2D eigenvalue weighted by atomic mass is 14.7. The maximum absolute atomic E-state index is 3.00. The first-order valence-electron chi connectivity index (χ1n) is 4.41. The number of nitrogens with one attached hydrogen (secondary N) is 1. The van der Waals surface area contributed by atoms with Crippen molar-refractivity contribution in [1.29, 1.82) is 0 Å². The molecule has 1 heteroatoms. The van der Waals surface area contributed by atoms with Crippen LogP contribution in [-0.4, -0.2) is 4.98 Å². The third-order valence-electron chi connectivity index (χ3n) is 0.753. The Balaban J connectivity index is 0.